The fraction of sp³-hybridized carbons (Fsp3) is 0.200. The van der Waals surface area contributed by atoms with E-state index in [1.54, 1.807) is 0 Å². The number of benzene rings is 1. The van der Waals surface area contributed by atoms with Crippen molar-refractivity contribution in [2.75, 3.05) is 19.8 Å². The predicted molar refractivity (Wildman–Crippen MR) is 100 cm³/mol. The average molecular weight is 434 g/mol. The van der Waals surface area contributed by atoms with E-state index in [9.17, 15) is 4.79 Å². The number of carbonyl (C=O) groups is 1. The second-order valence-corrected chi connectivity index (χ2v) is 6.68. The lowest BCUT2D eigenvalue weighted by atomic mass is 10.2. The number of nitrogens with one attached hydrogen (secondary N) is 1. The molecule has 12 heteroatoms. The average Bonchev–Trinajstić information content (AvgIpc) is 3.20. The third kappa shape index (κ3) is 4.35. The van der Waals surface area contributed by atoms with E-state index in [1.165, 1.54) is 10.9 Å². The Bertz CT molecular complexity index is 979. The molecule has 0 aliphatic heterocycles. The van der Waals surface area contributed by atoms with Gasteiger partial charge in [0.2, 0.25) is 11.6 Å². The zero-order valence-corrected chi connectivity index (χ0v) is 16.1. The van der Waals surface area contributed by atoms with Gasteiger partial charge in [0.05, 0.1) is 11.9 Å². The molecule has 1 aromatic carbocycles. The number of halogens is 1. The van der Waals surface area contributed by atoms with Crippen LogP contribution < -0.4 is 11.2 Å². The first-order valence-corrected chi connectivity index (χ1v) is 8.51. The van der Waals surface area contributed by atoms with Crippen LogP contribution in [0.4, 0.5) is 5.82 Å². The van der Waals surface area contributed by atoms with Gasteiger partial charge >= 0.3 is 0 Å². The van der Waals surface area contributed by atoms with Gasteiger partial charge in [-0.25, -0.2) is 10.1 Å². The molecule has 0 fully saturated rings. The Hall–Kier alpha value is -3.12. The molecular weight excluding hydrogens is 418 g/mol. The van der Waals surface area contributed by atoms with Gasteiger partial charge in [-0.2, -0.15) is 9.78 Å². The molecule has 2 heterocycles. The van der Waals surface area contributed by atoms with E-state index in [2.05, 4.69) is 51.7 Å². The van der Waals surface area contributed by atoms with Gasteiger partial charge in [-0.05, 0) is 42.1 Å². The molecule has 0 atom stereocenters. The highest BCUT2D eigenvalue weighted by Gasteiger charge is 2.24. The van der Waals surface area contributed by atoms with E-state index in [1.807, 2.05) is 43.3 Å². The molecule has 0 unspecified atom stereocenters. The highest BCUT2D eigenvalue weighted by atomic mass is 79.9. The maximum Gasteiger partial charge on any atom is 0.293 e. The summed E-state index contributed by atoms with van der Waals surface area (Å²) in [5.74, 6) is -0.310. The molecule has 0 aliphatic rings. The molecule has 0 spiro atoms. The molecule has 0 aliphatic carbocycles. The molecule has 11 nitrogen and oxygen atoms in total. The number of hydrogen-bond donors (Lipinski definition) is 2. The highest BCUT2D eigenvalue weighted by Crippen LogP contribution is 2.16. The summed E-state index contributed by atoms with van der Waals surface area (Å²) in [5, 5.41) is 19.1. The van der Waals surface area contributed by atoms with Crippen LogP contribution in [0.15, 0.2) is 38.5 Å². The minimum absolute atomic E-state index is 0.0412. The van der Waals surface area contributed by atoms with Crippen LogP contribution in [0.1, 0.15) is 21.7 Å². The fourth-order valence-corrected chi connectivity index (χ4v) is 2.65. The summed E-state index contributed by atoms with van der Waals surface area (Å²) >= 11 is 3.38. The van der Waals surface area contributed by atoms with Crippen molar-refractivity contribution in [3.8, 4) is 5.82 Å². The molecule has 0 radical (unpaired) electrons. The molecule has 27 heavy (non-hydrogen) atoms. The van der Waals surface area contributed by atoms with Crippen molar-refractivity contribution in [2.24, 2.45) is 5.10 Å². The number of hydrazone groups is 1. The van der Waals surface area contributed by atoms with Gasteiger partial charge in [0.15, 0.2) is 5.69 Å². The zero-order valence-electron chi connectivity index (χ0n) is 14.5. The largest absolute Gasteiger partial charge is 0.378 e. The number of nitrogen functional groups attached to an aromatic ring is 1. The summed E-state index contributed by atoms with van der Waals surface area (Å²) in [5.41, 5.74) is 9.55. The van der Waals surface area contributed by atoms with E-state index in [0.29, 0.717) is 12.2 Å². The van der Waals surface area contributed by atoms with Crippen LogP contribution in [0.25, 0.3) is 5.82 Å². The van der Waals surface area contributed by atoms with Gasteiger partial charge in [0.1, 0.15) is 0 Å². The first-order chi connectivity index (χ1) is 13.0. The van der Waals surface area contributed by atoms with Crippen molar-refractivity contribution in [3.05, 3.63) is 45.7 Å². The van der Waals surface area contributed by atoms with E-state index in [4.69, 9.17) is 5.73 Å². The molecular formula is C15H16BrN9O2. The lowest BCUT2D eigenvalue weighted by Gasteiger charge is -2.11. The van der Waals surface area contributed by atoms with Crippen LogP contribution in [0, 0.1) is 0 Å². The molecule has 1 amide bonds. The van der Waals surface area contributed by atoms with Crippen molar-refractivity contribution in [2.45, 2.75) is 6.54 Å². The molecule has 2 aromatic heterocycles. The summed E-state index contributed by atoms with van der Waals surface area (Å²) < 4.78 is 6.83. The number of nitrogens with two attached hydrogens (primary N) is 1. The highest BCUT2D eigenvalue weighted by molar-refractivity contribution is 9.10. The van der Waals surface area contributed by atoms with E-state index in [0.717, 1.165) is 10.0 Å². The lowest BCUT2D eigenvalue weighted by Crippen LogP contribution is -2.23. The predicted octanol–water partition coefficient (Wildman–Crippen LogP) is 0.821. The summed E-state index contributed by atoms with van der Waals surface area (Å²) in [6, 6.07) is 7.48. The van der Waals surface area contributed by atoms with Crippen molar-refractivity contribution in [1.29, 1.82) is 0 Å². The first kappa shape index (κ1) is 18.7. The normalized spacial score (nSPS) is 11.4. The minimum Gasteiger partial charge on any atom is -0.378 e. The smallest absolute Gasteiger partial charge is 0.293 e. The first-order valence-electron chi connectivity index (χ1n) is 7.72. The van der Waals surface area contributed by atoms with E-state index in [-0.39, 0.29) is 17.3 Å². The van der Waals surface area contributed by atoms with Crippen molar-refractivity contribution >= 4 is 33.9 Å². The zero-order chi connectivity index (χ0) is 19.4. The topological polar surface area (TPSA) is 140 Å². The number of nitrogens with zero attached hydrogens (tertiary/aromatic N) is 7. The Morgan fingerprint density at radius 3 is 2.93 bits per heavy atom. The Balaban J connectivity index is 1.84. The third-order valence-electron chi connectivity index (χ3n) is 3.37. The Morgan fingerprint density at radius 1 is 1.44 bits per heavy atom. The van der Waals surface area contributed by atoms with Crippen molar-refractivity contribution in [3.63, 3.8) is 0 Å². The molecule has 140 valence electrons. The van der Waals surface area contributed by atoms with Crippen LogP contribution in [0.2, 0.25) is 0 Å². The molecule has 3 rings (SSSR count). The Kier molecular flexibility index (Phi) is 5.57. The van der Waals surface area contributed by atoms with Crippen LogP contribution in [-0.2, 0) is 6.54 Å². The fourth-order valence-electron chi connectivity index (χ4n) is 2.23. The molecule has 0 saturated heterocycles. The number of aromatic nitrogens is 5. The van der Waals surface area contributed by atoms with Crippen molar-refractivity contribution in [1.82, 2.24) is 35.6 Å². The molecule has 3 aromatic rings. The second kappa shape index (κ2) is 8.05. The lowest BCUT2D eigenvalue weighted by molar-refractivity contribution is 0.0948. The number of hydrogen-bond acceptors (Lipinski definition) is 9. The van der Waals surface area contributed by atoms with Crippen LogP contribution in [-0.4, -0.2) is 56.4 Å². The maximum absolute atomic E-state index is 12.5. The number of rotatable bonds is 6. The number of amides is 1. The molecule has 0 saturated carbocycles. The quantitative estimate of drug-likeness (QED) is 0.429. The summed E-state index contributed by atoms with van der Waals surface area (Å²) in [4.78, 5) is 14.4. The van der Waals surface area contributed by atoms with Gasteiger partial charge in [-0.1, -0.05) is 33.3 Å². The van der Waals surface area contributed by atoms with Crippen LogP contribution in [0.5, 0.6) is 0 Å². The van der Waals surface area contributed by atoms with Crippen molar-refractivity contribution < 1.29 is 9.42 Å². The monoisotopic (exact) mass is 433 g/mol. The van der Waals surface area contributed by atoms with Gasteiger partial charge < -0.3 is 10.6 Å². The van der Waals surface area contributed by atoms with Gasteiger partial charge in [0, 0.05) is 11.0 Å². The van der Waals surface area contributed by atoms with E-state index < -0.39 is 5.91 Å². The summed E-state index contributed by atoms with van der Waals surface area (Å²) in [7, 11) is 3.68. The third-order valence-corrected chi connectivity index (χ3v) is 3.86. The van der Waals surface area contributed by atoms with Gasteiger partial charge in [-0.3, -0.25) is 4.79 Å². The number of carbonyl (C=O) groups excluding carboxylic acids is 1. The van der Waals surface area contributed by atoms with Crippen LogP contribution in [0.3, 0.4) is 0 Å². The SMILES string of the molecule is CN(C)Cc1c(C(=O)NN=Cc2cccc(Br)c2)nnn1-c1nonc1N. The van der Waals surface area contributed by atoms with Crippen LogP contribution >= 0.6 is 15.9 Å². The number of anilines is 1. The summed E-state index contributed by atoms with van der Waals surface area (Å²) in [6.07, 6.45) is 1.53. The Labute approximate surface area is 162 Å². The minimum atomic E-state index is -0.514. The second-order valence-electron chi connectivity index (χ2n) is 5.76. The summed E-state index contributed by atoms with van der Waals surface area (Å²) in [6.45, 7) is 0.359. The molecule has 0 bridgehead atoms. The molecule has 3 N–H and O–H groups in total. The Morgan fingerprint density at radius 2 is 2.26 bits per heavy atom. The maximum atomic E-state index is 12.5. The van der Waals surface area contributed by atoms with E-state index >= 15 is 0 Å². The standard InChI is InChI=1S/C15H16BrN9O2/c1-24(2)8-11-12(19-23-25(11)14-13(17)21-27-22-14)15(26)20-18-7-9-4-3-5-10(16)6-9/h3-7H,8H2,1-2H3,(H2,17,21)(H,20,26). The van der Waals surface area contributed by atoms with Gasteiger partial charge in [0.25, 0.3) is 5.91 Å². The van der Waals surface area contributed by atoms with Gasteiger partial charge in [-0.15, -0.1) is 5.10 Å².